The highest BCUT2D eigenvalue weighted by Crippen LogP contribution is 2.33. The first-order valence-electron chi connectivity index (χ1n) is 6.43. The smallest absolute Gasteiger partial charge is 0.278 e. The lowest BCUT2D eigenvalue weighted by atomic mass is 10.1. The van der Waals surface area contributed by atoms with Crippen molar-refractivity contribution in [2.24, 2.45) is 0 Å². The van der Waals surface area contributed by atoms with Crippen molar-refractivity contribution >= 4 is 11.2 Å². The first-order chi connectivity index (χ1) is 10.2. The number of aliphatic hydroxyl groups is 1. The Labute approximate surface area is 119 Å². The van der Waals surface area contributed by atoms with Gasteiger partial charge in [0, 0.05) is 14.2 Å². The van der Waals surface area contributed by atoms with E-state index in [4.69, 9.17) is 14.2 Å². The van der Waals surface area contributed by atoms with E-state index in [1.165, 1.54) is 26.9 Å². The second-order valence-corrected chi connectivity index (χ2v) is 4.70. The Hall–Kier alpha value is -1.81. The van der Waals surface area contributed by atoms with Gasteiger partial charge in [0.05, 0.1) is 19.3 Å². The number of ether oxygens (including phenoxy) is 3. The van der Waals surface area contributed by atoms with Crippen molar-refractivity contribution in [2.75, 3.05) is 20.8 Å². The van der Waals surface area contributed by atoms with Crippen LogP contribution in [0.2, 0.25) is 0 Å². The molecule has 2 N–H and O–H groups in total. The van der Waals surface area contributed by atoms with Crippen LogP contribution in [0.25, 0.3) is 11.2 Å². The Bertz CT molecular complexity index is 684. The Morgan fingerprint density at radius 3 is 2.81 bits per heavy atom. The number of H-pyrrole nitrogens is 1. The van der Waals surface area contributed by atoms with Crippen molar-refractivity contribution in [1.82, 2.24) is 19.5 Å². The average Bonchev–Trinajstić information content (AvgIpc) is 3.07. The molecule has 3 heterocycles. The molecule has 0 spiro atoms. The molecule has 0 radical (unpaired) electrons. The van der Waals surface area contributed by atoms with Gasteiger partial charge >= 0.3 is 0 Å². The maximum atomic E-state index is 11.7. The molecule has 0 saturated carbocycles. The van der Waals surface area contributed by atoms with Crippen molar-refractivity contribution in [3.8, 4) is 0 Å². The number of rotatable bonds is 4. The van der Waals surface area contributed by atoms with Gasteiger partial charge in [-0.2, -0.15) is 0 Å². The van der Waals surface area contributed by atoms with Crippen molar-refractivity contribution in [2.45, 2.75) is 24.5 Å². The Kier molecular flexibility index (Phi) is 3.72. The Balaban J connectivity index is 2.05. The van der Waals surface area contributed by atoms with E-state index >= 15 is 0 Å². The van der Waals surface area contributed by atoms with E-state index in [2.05, 4.69) is 15.0 Å². The number of nitrogens with one attached hydrogen (secondary N) is 1. The van der Waals surface area contributed by atoms with Gasteiger partial charge in [0.25, 0.3) is 5.56 Å². The van der Waals surface area contributed by atoms with E-state index in [0.717, 1.165) is 0 Å². The molecule has 9 heteroatoms. The summed E-state index contributed by atoms with van der Waals surface area (Å²) in [5, 5.41) is 9.40. The molecule has 2 aromatic heterocycles. The van der Waals surface area contributed by atoms with Crippen molar-refractivity contribution in [1.29, 1.82) is 0 Å². The zero-order chi connectivity index (χ0) is 15.0. The second kappa shape index (κ2) is 5.53. The van der Waals surface area contributed by atoms with Crippen molar-refractivity contribution < 1.29 is 19.3 Å². The van der Waals surface area contributed by atoms with E-state index in [0.29, 0.717) is 5.65 Å². The van der Waals surface area contributed by atoms with Crippen LogP contribution in [0.15, 0.2) is 17.4 Å². The standard InChI is InChI=1S/C12H16N4O5/c1-19-8-6(3-17)21-12(9(8)20-2)16-5-15-7-10(16)13-4-14-11(7)18/h4-6,8-9,12,17H,3H2,1-2H3,(H,13,14,18)/t6-,8+,9?,12-/m1/s1. The number of methoxy groups -OCH3 is 2. The van der Waals surface area contributed by atoms with E-state index in [-0.39, 0.29) is 17.7 Å². The first kappa shape index (κ1) is 14.1. The van der Waals surface area contributed by atoms with Gasteiger partial charge in [-0.3, -0.25) is 9.36 Å². The lowest BCUT2D eigenvalue weighted by Gasteiger charge is -2.21. The van der Waals surface area contributed by atoms with Crippen molar-refractivity contribution in [3.63, 3.8) is 0 Å². The number of aromatic amines is 1. The molecule has 0 aromatic carbocycles. The SMILES string of the molecule is COC1[C@@H](OC)[C@@H](CO)O[C@H]1n1cnc2c(=O)[nH]cnc21. The molecule has 1 unspecified atom stereocenters. The number of hydrogen-bond donors (Lipinski definition) is 2. The molecule has 0 bridgehead atoms. The van der Waals surface area contributed by atoms with Gasteiger partial charge in [0.15, 0.2) is 17.4 Å². The third kappa shape index (κ3) is 2.14. The number of hydrogen-bond acceptors (Lipinski definition) is 7. The molecule has 0 aliphatic carbocycles. The molecule has 114 valence electrons. The van der Waals surface area contributed by atoms with Crippen LogP contribution in [0.5, 0.6) is 0 Å². The van der Waals surface area contributed by atoms with Gasteiger partial charge in [0.2, 0.25) is 0 Å². The van der Waals surface area contributed by atoms with Crippen molar-refractivity contribution in [3.05, 3.63) is 23.0 Å². The van der Waals surface area contributed by atoms with Gasteiger partial charge < -0.3 is 24.3 Å². The Morgan fingerprint density at radius 2 is 2.14 bits per heavy atom. The van der Waals surface area contributed by atoms with Crippen LogP contribution in [0.1, 0.15) is 6.23 Å². The number of aliphatic hydroxyl groups excluding tert-OH is 1. The summed E-state index contributed by atoms with van der Waals surface area (Å²) in [7, 11) is 3.06. The summed E-state index contributed by atoms with van der Waals surface area (Å²) in [6, 6.07) is 0. The minimum Gasteiger partial charge on any atom is -0.394 e. The first-order valence-corrected chi connectivity index (χ1v) is 6.43. The molecule has 3 rings (SSSR count). The molecule has 4 atom stereocenters. The van der Waals surface area contributed by atoms with E-state index < -0.39 is 24.5 Å². The predicted molar refractivity (Wildman–Crippen MR) is 70.7 cm³/mol. The molecule has 1 aliphatic heterocycles. The topological polar surface area (TPSA) is 111 Å². The summed E-state index contributed by atoms with van der Waals surface area (Å²) < 4.78 is 18.2. The zero-order valence-electron chi connectivity index (χ0n) is 11.6. The summed E-state index contributed by atoms with van der Waals surface area (Å²) in [5.74, 6) is 0. The molecule has 1 saturated heterocycles. The third-order valence-corrected chi connectivity index (χ3v) is 3.65. The fraction of sp³-hybridized carbons (Fsp3) is 0.583. The van der Waals surface area contributed by atoms with Crippen LogP contribution < -0.4 is 5.56 Å². The highest BCUT2D eigenvalue weighted by Gasteiger charge is 2.46. The lowest BCUT2D eigenvalue weighted by Crippen LogP contribution is -2.36. The average molecular weight is 296 g/mol. The highest BCUT2D eigenvalue weighted by molar-refractivity contribution is 5.68. The lowest BCUT2D eigenvalue weighted by molar-refractivity contribution is -0.0583. The van der Waals surface area contributed by atoms with Crippen LogP contribution in [0.3, 0.4) is 0 Å². The van der Waals surface area contributed by atoms with E-state index in [1.807, 2.05) is 0 Å². The molecule has 0 amide bonds. The summed E-state index contributed by atoms with van der Waals surface area (Å²) >= 11 is 0. The van der Waals surface area contributed by atoms with E-state index in [9.17, 15) is 9.90 Å². The molecule has 9 nitrogen and oxygen atoms in total. The molecule has 21 heavy (non-hydrogen) atoms. The number of nitrogens with zero attached hydrogens (tertiary/aromatic N) is 3. The summed E-state index contributed by atoms with van der Waals surface area (Å²) in [4.78, 5) is 22.3. The van der Waals surface area contributed by atoms with Gasteiger partial charge in [-0.1, -0.05) is 0 Å². The number of fused-ring (bicyclic) bond motifs is 1. The molecular weight excluding hydrogens is 280 g/mol. The van der Waals surface area contributed by atoms with Gasteiger partial charge in [-0.15, -0.1) is 0 Å². The van der Waals surface area contributed by atoms with Crippen LogP contribution in [0, 0.1) is 0 Å². The summed E-state index contributed by atoms with van der Waals surface area (Å²) in [6.45, 7) is -0.199. The summed E-state index contributed by atoms with van der Waals surface area (Å²) in [6.07, 6.45) is 0.781. The van der Waals surface area contributed by atoms with Crippen LogP contribution >= 0.6 is 0 Å². The van der Waals surface area contributed by atoms with Crippen LogP contribution in [-0.2, 0) is 14.2 Å². The van der Waals surface area contributed by atoms with Gasteiger partial charge in [-0.25, -0.2) is 9.97 Å². The van der Waals surface area contributed by atoms with Crippen LogP contribution in [0.4, 0.5) is 0 Å². The molecule has 2 aromatic rings. The quantitative estimate of drug-likeness (QED) is 0.747. The predicted octanol–water partition coefficient (Wildman–Crippen LogP) is -0.961. The maximum absolute atomic E-state index is 11.7. The van der Waals surface area contributed by atoms with Gasteiger partial charge in [-0.05, 0) is 0 Å². The molecule has 1 aliphatic rings. The molecular formula is C12H16N4O5. The highest BCUT2D eigenvalue weighted by atomic mass is 16.6. The zero-order valence-corrected chi connectivity index (χ0v) is 11.6. The maximum Gasteiger partial charge on any atom is 0.278 e. The Morgan fingerprint density at radius 1 is 1.38 bits per heavy atom. The monoisotopic (exact) mass is 296 g/mol. The fourth-order valence-corrected chi connectivity index (χ4v) is 2.66. The third-order valence-electron chi connectivity index (χ3n) is 3.65. The fourth-order valence-electron chi connectivity index (χ4n) is 2.66. The number of imidazole rings is 1. The minimum absolute atomic E-state index is 0.199. The largest absolute Gasteiger partial charge is 0.394 e. The number of aromatic nitrogens is 4. The normalized spacial score (nSPS) is 29.3. The summed E-state index contributed by atoms with van der Waals surface area (Å²) in [5.41, 5.74) is 0.282. The minimum atomic E-state index is -0.587. The van der Waals surface area contributed by atoms with Crippen LogP contribution in [-0.4, -0.2) is 63.8 Å². The molecule has 1 fully saturated rings. The van der Waals surface area contributed by atoms with E-state index in [1.54, 1.807) is 4.57 Å². The second-order valence-electron chi connectivity index (χ2n) is 4.70. The van der Waals surface area contributed by atoms with Gasteiger partial charge in [0.1, 0.15) is 18.3 Å².